The molecule has 0 atom stereocenters. The zero-order valence-corrected chi connectivity index (χ0v) is 22.5. The van der Waals surface area contributed by atoms with Crippen molar-refractivity contribution in [1.82, 2.24) is 0 Å². The molecule has 0 radical (unpaired) electrons. The molecule has 0 unspecified atom stereocenters. The van der Waals surface area contributed by atoms with Gasteiger partial charge in [-0.2, -0.15) is 10.5 Å². The maximum Gasteiger partial charge on any atom is 0.119 e. The van der Waals surface area contributed by atoms with Crippen LogP contribution < -0.4 is 9.64 Å². The lowest BCUT2D eigenvalue weighted by Crippen LogP contribution is -2.09. The molecule has 4 heteroatoms. The molecule has 6 aromatic carbocycles. The lowest BCUT2D eigenvalue weighted by atomic mass is 9.94. The van der Waals surface area contributed by atoms with Crippen molar-refractivity contribution in [3.63, 3.8) is 0 Å². The van der Waals surface area contributed by atoms with Gasteiger partial charge in [-0.15, -0.1) is 0 Å². The standard InChI is InChI=1S/C37H25N3O/c1-41-34-18-16-33(17-19-34)40(31-5-3-2-4-6-31)32-14-9-26(10-15-32)7-12-29-23-30-13-8-27(24-38)21-36(30)37-22-28(25-39)11-20-35(29)37/h2-23H,1H3. The number of benzene rings is 6. The second-order valence-corrected chi connectivity index (χ2v) is 9.68. The van der Waals surface area contributed by atoms with Gasteiger partial charge in [-0.1, -0.05) is 54.6 Å². The molecule has 4 nitrogen and oxygen atoms in total. The Morgan fingerprint density at radius 2 is 1.20 bits per heavy atom. The van der Waals surface area contributed by atoms with E-state index in [9.17, 15) is 10.5 Å². The fourth-order valence-corrected chi connectivity index (χ4v) is 5.13. The van der Waals surface area contributed by atoms with Crippen LogP contribution in [0.2, 0.25) is 0 Å². The molecule has 0 saturated carbocycles. The number of rotatable bonds is 6. The number of hydrogen-bond acceptors (Lipinski definition) is 4. The van der Waals surface area contributed by atoms with Gasteiger partial charge in [0, 0.05) is 17.1 Å². The first-order valence-electron chi connectivity index (χ1n) is 13.2. The van der Waals surface area contributed by atoms with Gasteiger partial charge in [-0.3, -0.25) is 0 Å². The van der Waals surface area contributed by atoms with Crippen molar-refractivity contribution in [2.75, 3.05) is 12.0 Å². The second-order valence-electron chi connectivity index (χ2n) is 9.68. The number of para-hydroxylation sites is 1. The van der Waals surface area contributed by atoms with Crippen molar-refractivity contribution < 1.29 is 4.74 Å². The highest BCUT2D eigenvalue weighted by atomic mass is 16.5. The van der Waals surface area contributed by atoms with Crippen molar-refractivity contribution in [2.24, 2.45) is 0 Å². The molecule has 0 spiro atoms. The second kappa shape index (κ2) is 11.1. The zero-order valence-electron chi connectivity index (χ0n) is 22.5. The van der Waals surface area contributed by atoms with Crippen LogP contribution in [0.25, 0.3) is 33.7 Å². The fourth-order valence-electron chi connectivity index (χ4n) is 5.13. The van der Waals surface area contributed by atoms with E-state index in [1.807, 2.05) is 66.7 Å². The summed E-state index contributed by atoms with van der Waals surface area (Å²) in [6.07, 6.45) is 4.21. The van der Waals surface area contributed by atoms with Crippen LogP contribution in [0.3, 0.4) is 0 Å². The van der Waals surface area contributed by atoms with E-state index < -0.39 is 0 Å². The summed E-state index contributed by atoms with van der Waals surface area (Å²) in [5, 5.41) is 22.9. The van der Waals surface area contributed by atoms with Crippen LogP contribution in [0.5, 0.6) is 5.75 Å². The molecule has 194 valence electrons. The number of nitrogens with zero attached hydrogens (tertiary/aromatic N) is 3. The van der Waals surface area contributed by atoms with Crippen molar-refractivity contribution >= 4 is 50.8 Å². The molecule has 0 fully saturated rings. The number of fused-ring (bicyclic) bond motifs is 3. The summed E-state index contributed by atoms with van der Waals surface area (Å²) in [5.41, 5.74) is 6.47. The van der Waals surface area contributed by atoms with Crippen LogP contribution in [0.1, 0.15) is 22.3 Å². The highest BCUT2D eigenvalue weighted by Crippen LogP contribution is 2.36. The first kappa shape index (κ1) is 25.4. The van der Waals surface area contributed by atoms with Gasteiger partial charge in [0.2, 0.25) is 0 Å². The Bertz CT molecular complexity index is 1980. The number of methoxy groups -OCH3 is 1. The summed E-state index contributed by atoms with van der Waals surface area (Å²) in [6, 6.07) is 44.8. The molecule has 0 aliphatic heterocycles. The molecular formula is C37H25N3O. The largest absolute Gasteiger partial charge is 0.497 e. The van der Waals surface area contributed by atoms with Gasteiger partial charge in [0.05, 0.1) is 30.4 Å². The normalized spacial score (nSPS) is 10.9. The van der Waals surface area contributed by atoms with E-state index in [4.69, 9.17) is 4.74 Å². The van der Waals surface area contributed by atoms with Crippen LogP contribution in [-0.4, -0.2) is 7.11 Å². The molecule has 0 bridgehead atoms. The Hall–Kier alpha value is -5.84. The Balaban J connectivity index is 1.37. The fraction of sp³-hybridized carbons (Fsp3) is 0.0270. The van der Waals surface area contributed by atoms with Crippen LogP contribution in [-0.2, 0) is 0 Å². The van der Waals surface area contributed by atoms with Gasteiger partial charge in [0.1, 0.15) is 5.75 Å². The van der Waals surface area contributed by atoms with E-state index in [0.717, 1.165) is 55.5 Å². The Labute approximate surface area is 239 Å². The van der Waals surface area contributed by atoms with E-state index in [0.29, 0.717) is 11.1 Å². The number of ether oxygens (including phenoxy) is 1. The molecular weight excluding hydrogens is 502 g/mol. The van der Waals surface area contributed by atoms with Gasteiger partial charge in [0.25, 0.3) is 0 Å². The van der Waals surface area contributed by atoms with Gasteiger partial charge >= 0.3 is 0 Å². The molecule has 0 aliphatic carbocycles. The van der Waals surface area contributed by atoms with Crippen LogP contribution in [0.15, 0.2) is 121 Å². The highest BCUT2D eigenvalue weighted by molar-refractivity contribution is 6.12. The SMILES string of the molecule is COc1ccc(N(c2ccccc2)c2ccc(C=Cc3cc4ccc(C#N)cc4c4cc(C#N)ccc34)cc2)cc1. The molecule has 0 aromatic heterocycles. The quantitative estimate of drug-likeness (QED) is 0.160. The molecule has 41 heavy (non-hydrogen) atoms. The molecule has 6 rings (SSSR count). The minimum atomic E-state index is 0.595. The lowest BCUT2D eigenvalue weighted by molar-refractivity contribution is 0.415. The molecule has 0 N–H and O–H groups in total. The van der Waals surface area contributed by atoms with Crippen molar-refractivity contribution in [3.8, 4) is 17.9 Å². The van der Waals surface area contributed by atoms with Crippen molar-refractivity contribution in [1.29, 1.82) is 10.5 Å². The number of anilines is 3. The summed E-state index contributed by atoms with van der Waals surface area (Å²) in [5.74, 6) is 0.817. The van der Waals surface area contributed by atoms with Gasteiger partial charge in [-0.05, 0) is 112 Å². The topological polar surface area (TPSA) is 60.0 Å². The smallest absolute Gasteiger partial charge is 0.119 e. The minimum absolute atomic E-state index is 0.595. The third kappa shape index (κ3) is 5.11. The highest BCUT2D eigenvalue weighted by Gasteiger charge is 2.12. The molecule has 0 heterocycles. The molecule has 0 aliphatic rings. The van der Waals surface area contributed by atoms with Gasteiger partial charge < -0.3 is 9.64 Å². The molecule has 6 aromatic rings. The van der Waals surface area contributed by atoms with E-state index in [-0.39, 0.29) is 0 Å². The first-order valence-corrected chi connectivity index (χ1v) is 13.2. The van der Waals surface area contributed by atoms with E-state index in [2.05, 4.69) is 83.8 Å². The lowest BCUT2D eigenvalue weighted by Gasteiger charge is -2.25. The maximum absolute atomic E-state index is 9.50. The van der Waals surface area contributed by atoms with Crippen LogP contribution >= 0.6 is 0 Å². The average Bonchev–Trinajstić information content (AvgIpc) is 3.04. The van der Waals surface area contributed by atoms with Crippen LogP contribution in [0, 0.1) is 22.7 Å². The summed E-state index contributed by atoms with van der Waals surface area (Å²) in [7, 11) is 1.67. The molecule has 0 amide bonds. The predicted octanol–water partition coefficient (Wildman–Crippen LogP) is 9.39. The Morgan fingerprint density at radius 3 is 1.85 bits per heavy atom. The first-order chi connectivity index (χ1) is 20.2. The van der Waals surface area contributed by atoms with Gasteiger partial charge in [-0.25, -0.2) is 0 Å². The van der Waals surface area contributed by atoms with Crippen molar-refractivity contribution in [3.05, 3.63) is 144 Å². The third-order valence-corrected chi connectivity index (χ3v) is 7.19. The molecule has 0 saturated heterocycles. The summed E-state index contributed by atoms with van der Waals surface area (Å²) < 4.78 is 5.36. The zero-order chi connectivity index (χ0) is 28.2. The summed E-state index contributed by atoms with van der Waals surface area (Å²) in [4.78, 5) is 2.21. The van der Waals surface area contributed by atoms with Gasteiger partial charge in [0.15, 0.2) is 0 Å². The van der Waals surface area contributed by atoms with Crippen molar-refractivity contribution in [2.45, 2.75) is 0 Å². The van der Waals surface area contributed by atoms with E-state index in [1.165, 1.54) is 0 Å². The third-order valence-electron chi connectivity index (χ3n) is 7.19. The van der Waals surface area contributed by atoms with E-state index in [1.54, 1.807) is 7.11 Å². The predicted molar refractivity (Wildman–Crippen MR) is 167 cm³/mol. The number of nitriles is 2. The number of hydrogen-bond donors (Lipinski definition) is 0. The Kier molecular flexibility index (Phi) is 6.89. The monoisotopic (exact) mass is 527 g/mol. The van der Waals surface area contributed by atoms with E-state index >= 15 is 0 Å². The summed E-state index contributed by atoms with van der Waals surface area (Å²) in [6.45, 7) is 0. The average molecular weight is 528 g/mol. The summed E-state index contributed by atoms with van der Waals surface area (Å²) >= 11 is 0. The Morgan fingerprint density at radius 1 is 0.585 bits per heavy atom. The maximum atomic E-state index is 9.50. The minimum Gasteiger partial charge on any atom is -0.497 e. The van der Waals surface area contributed by atoms with Crippen LogP contribution in [0.4, 0.5) is 17.1 Å².